The first kappa shape index (κ1) is 26.6. The van der Waals surface area contributed by atoms with Crippen LogP contribution in [0.15, 0.2) is 180 Å². The second-order valence-electron chi connectivity index (χ2n) is 10.2. The quantitative estimate of drug-likeness (QED) is 0.274. The summed E-state index contributed by atoms with van der Waals surface area (Å²) in [6.07, 6.45) is 0. The molecule has 6 rings (SSSR count). The van der Waals surface area contributed by atoms with Gasteiger partial charge in [-0.25, -0.2) is 8.42 Å². The highest BCUT2D eigenvalue weighted by molar-refractivity contribution is 7.91. The molecule has 0 aliphatic heterocycles. The van der Waals surface area contributed by atoms with Crippen molar-refractivity contribution in [3.63, 3.8) is 0 Å². The van der Waals surface area contributed by atoms with E-state index in [9.17, 15) is 8.42 Å². The molecule has 0 heterocycles. The first-order valence-corrected chi connectivity index (χ1v) is 15.2. The number of benzene rings is 6. The van der Waals surface area contributed by atoms with E-state index < -0.39 is 9.84 Å². The standard InChI is InChI=1S/C36H28B2O2S/c39-41(40,35-25-21-33(22-26-35)37(29-13-5-1-6-14-29)30-15-7-2-8-16-30)36-27-23-34(24-28-36)38(31-17-9-3-10-18-31)32-19-11-4-12-20-32/h1-28H. The highest BCUT2D eigenvalue weighted by atomic mass is 32.2. The summed E-state index contributed by atoms with van der Waals surface area (Å²) in [5.41, 5.74) is 6.75. The predicted octanol–water partition coefficient (Wildman–Crippen LogP) is 3.55. The molecule has 6 aromatic rings. The van der Waals surface area contributed by atoms with Crippen LogP contribution in [0, 0.1) is 0 Å². The molecule has 0 atom stereocenters. The first-order valence-electron chi connectivity index (χ1n) is 13.8. The number of sulfone groups is 1. The van der Waals surface area contributed by atoms with Crippen LogP contribution in [0.1, 0.15) is 0 Å². The highest BCUT2D eigenvalue weighted by Gasteiger charge is 2.25. The summed E-state index contributed by atoms with van der Waals surface area (Å²) < 4.78 is 27.4. The number of hydrogen-bond acceptors (Lipinski definition) is 2. The fraction of sp³-hybridized carbons (Fsp3) is 0. The Labute approximate surface area is 243 Å². The van der Waals surface area contributed by atoms with Crippen LogP contribution in [-0.4, -0.2) is 21.8 Å². The van der Waals surface area contributed by atoms with E-state index in [1.807, 2.05) is 97.1 Å². The van der Waals surface area contributed by atoms with E-state index in [2.05, 4.69) is 48.5 Å². The zero-order valence-electron chi connectivity index (χ0n) is 22.5. The van der Waals surface area contributed by atoms with E-state index in [1.165, 1.54) is 0 Å². The molecule has 196 valence electrons. The Morgan fingerprint density at radius 2 is 0.512 bits per heavy atom. The lowest BCUT2D eigenvalue weighted by molar-refractivity contribution is 0.596. The van der Waals surface area contributed by atoms with Crippen LogP contribution in [0.25, 0.3) is 0 Å². The Hall–Kier alpha value is -4.60. The van der Waals surface area contributed by atoms with Crippen LogP contribution in [0.4, 0.5) is 0 Å². The summed E-state index contributed by atoms with van der Waals surface area (Å²) in [4.78, 5) is 0.577. The summed E-state index contributed by atoms with van der Waals surface area (Å²) in [5, 5.41) is 0. The van der Waals surface area contributed by atoms with Gasteiger partial charge in [0, 0.05) is 0 Å². The second-order valence-corrected chi connectivity index (χ2v) is 12.1. The summed E-state index contributed by atoms with van der Waals surface area (Å²) in [6, 6.07) is 55.9. The third-order valence-corrected chi connectivity index (χ3v) is 9.36. The molecule has 0 N–H and O–H groups in total. The summed E-state index contributed by atoms with van der Waals surface area (Å²) in [6.45, 7) is 0.0303. The average molecular weight is 546 g/mol. The minimum atomic E-state index is -3.68. The SMILES string of the molecule is O=S(=O)(c1ccc(B(c2ccccc2)c2ccccc2)cc1)c1ccc(B(c2ccccc2)c2ccccc2)cc1. The van der Waals surface area contributed by atoms with Crippen LogP contribution in [0.2, 0.25) is 0 Å². The van der Waals surface area contributed by atoms with E-state index in [1.54, 1.807) is 24.3 Å². The van der Waals surface area contributed by atoms with Gasteiger partial charge in [-0.2, -0.15) is 0 Å². The molecule has 5 heteroatoms. The molecule has 0 saturated carbocycles. The minimum Gasteiger partial charge on any atom is -0.219 e. The molecule has 0 radical (unpaired) electrons. The zero-order chi connectivity index (χ0) is 28.1. The molecule has 0 aromatic heterocycles. The second kappa shape index (κ2) is 11.9. The molecule has 0 unspecified atom stereocenters. The molecule has 0 spiro atoms. The smallest absolute Gasteiger partial charge is 0.219 e. The van der Waals surface area contributed by atoms with Gasteiger partial charge >= 0.3 is 0 Å². The average Bonchev–Trinajstić information content (AvgIpc) is 3.04. The Morgan fingerprint density at radius 3 is 0.756 bits per heavy atom. The normalized spacial score (nSPS) is 11.1. The predicted molar refractivity (Wildman–Crippen MR) is 173 cm³/mol. The van der Waals surface area contributed by atoms with Crippen molar-refractivity contribution in [1.29, 1.82) is 0 Å². The molecule has 0 saturated heterocycles. The molecule has 0 amide bonds. The summed E-state index contributed by atoms with van der Waals surface area (Å²) in [7, 11) is -3.68. The topological polar surface area (TPSA) is 34.1 Å². The maximum Gasteiger partial charge on any atom is 0.241 e. The molecule has 2 nitrogen and oxygen atoms in total. The fourth-order valence-electron chi connectivity index (χ4n) is 5.55. The number of hydrogen-bond donors (Lipinski definition) is 0. The minimum absolute atomic E-state index is 0.0151. The lowest BCUT2D eigenvalue weighted by Crippen LogP contribution is -2.51. The maximum atomic E-state index is 13.7. The van der Waals surface area contributed by atoms with Gasteiger partial charge < -0.3 is 0 Å². The van der Waals surface area contributed by atoms with Gasteiger partial charge in [-0.1, -0.05) is 178 Å². The molecule has 0 fully saturated rings. The van der Waals surface area contributed by atoms with Crippen molar-refractivity contribution in [2.24, 2.45) is 0 Å². The molecular formula is C36H28B2O2S. The van der Waals surface area contributed by atoms with Gasteiger partial charge in [-0.3, -0.25) is 0 Å². The van der Waals surface area contributed by atoms with Gasteiger partial charge in [0.2, 0.25) is 23.3 Å². The lowest BCUT2D eigenvalue weighted by atomic mass is 9.37. The lowest BCUT2D eigenvalue weighted by Gasteiger charge is -2.17. The van der Waals surface area contributed by atoms with Crippen molar-refractivity contribution in [1.82, 2.24) is 0 Å². The van der Waals surface area contributed by atoms with Gasteiger partial charge in [0.25, 0.3) is 0 Å². The van der Waals surface area contributed by atoms with Crippen LogP contribution in [0.3, 0.4) is 0 Å². The first-order chi connectivity index (χ1) is 20.1. The van der Waals surface area contributed by atoms with E-state index in [0.29, 0.717) is 0 Å². The third kappa shape index (κ3) is 5.68. The molecule has 0 aliphatic carbocycles. The van der Waals surface area contributed by atoms with Crippen LogP contribution in [-0.2, 0) is 9.84 Å². The van der Waals surface area contributed by atoms with Gasteiger partial charge in [0.1, 0.15) is 0 Å². The molecule has 0 bridgehead atoms. The number of rotatable bonds is 8. The highest BCUT2D eigenvalue weighted by Crippen LogP contribution is 2.19. The van der Waals surface area contributed by atoms with E-state index in [0.717, 1.165) is 32.8 Å². The van der Waals surface area contributed by atoms with Crippen molar-refractivity contribution in [3.8, 4) is 0 Å². The summed E-state index contributed by atoms with van der Waals surface area (Å²) >= 11 is 0. The molecular weight excluding hydrogens is 518 g/mol. The monoisotopic (exact) mass is 546 g/mol. The fourth-order valence-corrected chi connectivity index (χ4v) is 6.81. The van der Waals surface area contributed by atoms with Gasteiger partial charge in [0.05, 0.1) is 9.79 Å². The van der Waals surface area contributed by atoms with E-state index in [-0.39, 0.29) is 23.2 Å². The Kier molecular flexibility index (Phi) is 7.71. The molecule has 0 aliphatic rings. The Morgan fingerprint density at radius 1 is 0.293 bits per heavy atom. The van der Waals surface area contributed by atoms with E-state index in [4.69, 9.17) is 0 Å². The third-order valence-electron chi connectivity index (χ3n) is 7.58. The van der Waals surface area contributed by atoms with Crippen molar-refractivity contribution < 1.29 is 8.42 Å². The van der Waals surface area contributed by atoms with Crippen LogP contribution < -0.4 is 32.8 Å². The van der Waals surface area contributed by atoms with Crippen molar-refractivity contribution >= 4 is 56.0 Å². The molecule has 41 heavy (non-hydrogen) atoms. The van der Waals surface area contributed by atoms with Crippen molar-refractivity contribution in [2.75, 3.05) is 0 Å². The van der Waals surface area contributed by atoms with Gasteiger partial charge in [0.15, 0.2) is 0 Å². The van der Waals surface area contributed by atoms with Gasteiger partial charge in [-0.15, -0.1) is 0 Å². The van der Waals surface area contributed by atoms with Gasteiger partial charge in [-0.05, 0) is 24.3 Å². The zero-order valence-corrected chi connectivity index (χ0v) is 23.4. The Bertz CT molecular complexity index is 1600. The van der Waals surface area contributed by atoms with Crippen LogP contribution >= 0.6 is 0 Å². The summed E-state index contributed by atoms with van der Waals surface area (Å²) in [5.74, 6) is 0. The molecule has 6 aromatic carbocycles. The van der Waals surface area contributed by atoms with E-state index >= 15 is 0 Å². The maximum absolute atomic E-state index is 13.7. The Balaban J connectivity index is 1.31. The van der Waals surface area contributed by atoms with Crippen molar-refractivity contribution in [3.05, 3.63) is 170 Å². The van der Waals surface area contributed by atoms with Crippen molar-refractivity contribution in [2.45, 2.75) is 9.79 Å². The largest absolute Gasteiger partial charge is 0.241 e. The van der Waals surface area contributed by atoms with Crippen LogP contribution in [0.5, 0.6) is 0 Å².